The van der Waals surface area contributed by atoms with Crippen molar-refractivity contribution in [2.24, 2.45) is 0 Å². The minimum atomic E-state index is 0.609. The van der Waals surface area contributed by atoms with Gasteiger partial charge in [-0.15, -0.1) is 0 Å². The lowest BCUT2D eigenvalue weighted by Gasteiger charge is -2.48. The van der Waals surface area contributed by atoms with Crippen LogP contribution in [-0.4, -0.2) is 36.6 Å². The van der Waals surface area contributed by atoms with Crippen molar-refractivity contribution < 1.29 is 0 Å². The van der Waals surface area contributed by atoms with Crippen molar-refractivity contribution in [2.75, 3.05) is 24.5 Å². The van der Waals surface area contributed by atoms with Crippen LogP contribution in [0.15, 0.2) is 28.7 Å². The lowest BCUT2D eigenvalue weighted by Crippen LogP contribution is -2.58. The highest BCUT2D eigenvalue weighted by Crippen LogP contribution is 2.32. The lowest BCUT2D eigenvalue weighted by atomic mass is 9.96. The molecule has 0 spiro atoms. The molecule has 2 saturated heterocycles. The molecule has 0 radical (unpaired) electrons. The van der Waals surface area contributed by atoms with Crippen molar-refractivity contribution in [3.63, 3.8) is 0 Å². The van der Waals surface area contributed by atoms with Gasteiger partial charge in [-0.05, 0) is 54.4 Å². The molecule has 3 heteroatoms. The van der Waals surface area contributed by atoms with E-state index in [0.717, 1.165) is 6.04 Å². The van der Waals surface area contributed by atoms with Crippen molar-refractivity contribution >= 4 is 21.6 Å². The second-order valence-electron chi connectivity index (χ2n) is 5.60. The normalized spacial score (nSPS) is 29.1. The first-order valence-corrected chi connectivity index (χ1v) is 7.80. The van der Waals surface area contributed by atoms with Gasteiger partial charge in [-0.1, -0.05) is 18.6 Å². The zero-order valence-electron chi connectivity index (χ0n) is 11.0. The van der Waals surface area contributed by atoms with Crippen LogP contribution >= 0.6 is 15.9 Å². The third-order valence-electron chi connectivity index (χ3n) is 4.35. The highest BCUT2D eigenvalue weighted by Gasteiger charge is 2.33. The number of rotatable bonds is 1. The number of halogens is 1. The molecule has 2 heterocycles. The van der Waals surface area contributed by atoms with E-state index in [4.69, 9.17) is 0 Å². The summed E-state index contributed by atoms with van der Waals surface area (Å²) in [5.41, 5.74) is 1.36. The van der Waals surface area contributed by atoms with Crippen LogP contribution in [-0.2, 0) is 0 Å². The fourth-order valence-corrected chi connectivity index (χ4v) is 3.89. The summed E-state index contributed by atoms with van der Waals surface area (Å²) < 4.78 is 1.22. The van der Waals surface area contributed by atoms with Gasteiger partial charge in [-0.2, -0.15) is 0 Å². The number of hydrogen-bond donors (Lipinski definition) is 0. The van der Waals surface area contributed by atoms with Gasteiger partial charge in [0.1, 0.15) is 0 Å². The molecule has 2 aliphatic rings. The molecule has 2 fully saturated rings. The Kier molecular flexibility index (Phi) is 3.62. The number of hydrogen-bond acceptors (Lipinski definition) is 2. The van der Waals surface area contributed by atoms with Gasteiger partial charge in [-0.25, -0.2) is 0 Å². The number of piperidine rings is 1. The SMILES string of the molecule is CC1CN2CCCCC2CN1c1ccccc1Br. The van der Waals surface area contributed by atoms with E-state index in [-0.39, 0.29) is 0 Å². The standard InChI is InChI=1S/C15H21BrN2/c1-12-10-17-9-5-4-6-13(17)11-18(12)15-8-3-2-7-14(15)16/h2-3,7-8,12-13H,4-6,9-11H2,1H3. The summed E-state index contributed by atoms with van der Waals surface area (Å²) >= 11 is 3.69. The average molecular weight is 309 g/mol. The maximum Gasteiger partial charge on any atom is 0.0514 e. The van der Waals surface area contributed by atoms with Gasteiger partial charge < -0.3 is 4.90 Å². The maximum atomic E-state index is 3.69. The monoisotopic (exact) mass is 308 g/mol. The molecule has 2 unspecified atom stereocenters. The van der Waals surface area contributed by atoms with E-state index >= 15 is 0 Å². The fraction of sp³-hybridized carbons (Fsp3) is 0.600. The van der Waals surface area contributed by atoms with Crippen LogP contribution in [0.1, 0.15) is 26.2 Å². The van der Waals surface area contributed by atoms with Crippen LogP contribution < -0.4 is 4.90 Å². The fourth-order valence-electron chi connectivity index (χ4n) is 3.37. The van der Waals surface area contributed by atoms with Crippen molar-refractivity contribution in [2.45, 2.75) is 38.3 Å². The number of piperazine rings is 1. The third-order valence-corrected chi connectivity index (χ3v) is 5.02. The van der Waals surface area contributed by atoms with Gasteiger partial charge in [0.2, 0.25) is 0 Å². The van der Waals surface area contributed by atoms with Crippen LogP contribution in [0.5, 0.6) is 0 Å². The van der Waals surface area contributed by atoms with Gasteiger partial charge in [0.05, 0.1) is 5.69 Å². The summed E-state index contributed by atoms with van der Waals surface area (Å²) in [7, 11) is 0. The quantitative estimate of drug-likeness (QED) is 0.783. The number of anilines is 1. The molecular formula is C15H21BrN2. The largest absolute Gasteiger partial charge is 0.365 e. The summed E-state index contributed by atoms with van der Waals surface area (Å²) in [6, 6.07) is 9.99. The van der Waals surface area contributed by atoms with Gasteiger partial charge in [-0.3, -0.25) is 4.90 Å². The molecule has 1 aromatic rings. The predicted molar refractivity (Wildman–Crippen MR) is 80.2 cm³/mol. The highest BCUT2D eigenvalue weighted by atomic mass is 79.9. The predicted octanol–water partition coefficient (Wildman–Crippen LogP) is 3.51. The molecule has 2 aliphatic heterocycles. The van der Waals surface area contributed by atoms with Crippen LogP contribution in [0.4, 0.5) is 5.69 Å². The van der Waals surface area contributed by atoms with Crippen molar-refractivity contribution in [1.29, 1.82) is 0 Å². The first-order valence-electron chi connectivity index (χ1n) is 7.01. The Labute approximate surface area is 118 Å². The summed E-state index contributed by atoms with van der Waals surface area (Å²) in [6.07, 6.45) is 4.16. The topological polar surface area (TPSA) is 6.48 Å². The second-order valence-corrected chi connectivity index (χ2v) is 6.45. The van der Waals surface area contributed by atoms with Crippen LogP contribution in [0.3, 0.4) is 0 Å². The Morgan fingerprint density at radius 3 is 2.83 bits per heavy atom. The van der Waals surface area contributed by atoms with E-state index in [2.05, 4.69) is 56.9 Å². The maximum absolute atomic E-state index is 3.69. The van der Waals surface area contributed by atoms with Crippen LogP contribution in [0.25, 0.3) is 0 Å². The van der Waals surface area contributed by atoms with E-state index in [1.54, 1.807) is 0 Å². The van der Waals surface area contributed by atoms with Gasteiger partial charge in [0.15, 0.2) is 0 Å². The number of benzene rings is 1. The molecular weight excluding hydrogens is 288 g/mol. The molecule has 0 N–H and O–H groups in total. The molecule has 2 nitrogen and oxygen atoms in total. The summed E-state index contributed by atoms with van der Waals surface area (Å²) in [4.78, 5) is 5.28. The van der Waals surface area contributed by atoms with Crippen molar-refractivity contribution in [3.05, 3.63) is 28.7 Å². The van der Waals surface area contributed by atoms with E-state index in [0.29, 0.717) is 6.04 Å². The van der Waals surface area contributed by atoms with Crippen LogP contribution in [0, 0.1) is 0 Å². The average Bonchev–Trinajstić information content (AvgIpc) is 2.39. The molecule has 0 bridgehead atoms. The first-order chi connectivity index (χ1) is 8.75. The molecule has 98 valence electrons. The van der Waals surface area contributed by atoms with Crippen molar-refractivity contribution in [1.82, 2.24) is 4.90 Å². The molecule has 18 heavy (non-hydrogen) atoms. The molecule has 2 atom stereocenters. The van der Waals surface area contributed by atoms with Crippen molar-refractivity contribution in [3.8, 4) is 0 Å². The zero-order chi connectivity index (χ0) is 12.5. The number of nitrogens with zero attached hydrogens (tertiary/aromatic N) is 2. The van der Waals surface area contributed by atoms with Gasteiger partial charge in [0.25, 0.3) is 0 Å². The Balaban J connectivity index is 1.82. The van der Waals surface area contributed by atoms with E-state index in [1.807, 2.05) is 0 Å². The Bertz CT molecular complexity index is 421. The summed E-state index contributed by atoms with van der Waals surface area (Å²) in [5.74, 6) is 0. The minimum Gasteiger partial charge on any atom is -0.365 e. The zero-order valence-corrected chi connectivity index (χ0v) is 12.6. The molecule has 0 saturated carbocycles. The van der Waals surface area contributed by atoms with E-state index in [9.17, 15) is 0 Å². The molecule has 3 rings (SSSR count). The van der Waals surface area contributed by atoms with Gasteiger partial charge in [0, 0.05) is 29.6 Å². The smallest absolute Gasteiger partial charge is 0.0514 e. The minimum absolute atomic E-state index is 0.609. The number of para-hydroxylation sites is 1. The second kappa shape index (κ2) is 5.22. The Hall–Kier alpha value is -0.540. The first kappa shape index (κ1) is 12.5. The van der Waals surface area contributed by atoms with E-state index < -0.39 is 0 Å². The molecule has 0 amide bonds. The van der Waals surface area contributed by atoms with Gasteiger partial charge >= 0.3 is 0 Å². The Morgan fingerprint density at radius 1 is 1.17 bits per heavy atom. The van der Waals surface area contributed by atoms with Crippen LogP contribution in [0.2, 0.25) is 0 Å². The summed E-state index contributed by atoms with van der Waals surface area (Å²) in [5, 5.41) is 0. The molecule has 1 aromatic carbocycles. The molecule has 0 aromatic heterocycles. The summed E-state index contributed by atoms with van der Waals surface area (Å²) in [6.45, 7) is 6.05. The third kappa shape index (κ3) is 2.30. The highest BCUT2D eigenvalue weighted by molar-refractivity contribution is 9.10. The lowest BCUT2D eigenvalue weighted by molar-refractivity contribution is 0.115. The Morgan fingerprint density at radius 2 is 2.00 bits per heavy atom. The number of fused-ring (bicyclic) bond motifs is 1. The molecule has 0 aliphatic carbocycles. The van der Waals surface area contributed by atoms with E-state index in [1.165, 1.54) is 49.1 Å².